The number of anilines is 1. The molecule has 22 heavy (non-hydrogen) atoms. The van der Waals surface area contributed by atoms with Gasteiger partial charge in [-0.05, 0) is 13.0 Å². The fourth-order valence-electron chi connectivity index (χ4n) is 2.30. The van der Waals surface area contributed by atoms with Crippen molar-refractivity contribution in [3.8, 4) is 0 Å². The van der Waals surface area contributed by atoms with E-state index in [9.17, 15) is 13.2 Å². The molecule has 0 saturated carbocycles. The van der Waals surface area contributed by atoms with Gasteiger partial charge in [-0.15, -0.1) is 6.58 Å². The highest BCUT2D eigenvalue weighted by molar-refractivity contribution is 7.92. The quantitative estimate of drug-likeness (QED) is 0.715. The molecule has 1 atom stereocenters. The molecule has 120 valence electrons. The molecule has 1 fully saturated rings. The van der Waals surface area contributed by atoms with Gasteiger partial charge in [0.25, 0.3) is 0 Å². The van der Waals surface area contributed by atoms with Crippen LogP contribution < -0.4 is 4.90 Å². The number of carbonyl (C=O) groups excluding carboxylic acids is 1. The van der Waals surface area contributed by atoms with Gasteiger partial charge in [-0.3, -0.25) is 4.79 Å². The van der Waals surface area contributed by atoms with Gasteiger partial charge in [-0.1, -0.05) is 6.08 Å². The molecular formula is C14H20N4O3S. The Balaban J connectivity index is 1.97. The zero-order chi connectivity index (χ0) is 16.2. The molecule has 0 aliphatic carbocycles. The first-order valence-electron chi connectivity index (χ1n) is 7.09. The molecule has 2 rings (SSSR count). The van der Waals surface area contributed by atoms with Gasteiger partial charge in [-0.25, -0.2) is 18.4 Å². The fourth-order valence-corrected chi connectivity index (χ4v) is 3.37. The van der Waals surface area contributed by atoms with Gasteiger partial charge in [0.05, 0.1) is 5.75 Å². The van der Waals surface area contributed by atoms with Crippen molar-refractivity contribution in [1.82, 2.24) is 14.9 Å². The van der Waals surface area contributed by atoms with E-state index in [2.05, 4.69) is 16.5 Å². The van der Waals surface area contributed by atoms with Crippen LogP contribution >= 0.6 is 0 Å². The van der Waals surface area contributed by atoms with Gasteiger partial charge in [0, 0.05) is 38.6 Å². The zero-order valence-electron chi connectivity index (χ0n) is 12.6. The van der Waals surface area contributed by atoms with E-state index in [1.807, 2.05) is 4.90 Å². The SMILES string of the molecule is C=CCS(=O)(=O)C(C)C(=O)N1CCN(c2ncccn2)CC1. The lowest BCUT2D eigenvalue weighted by Crippen LogP contribution is -2.52. The van der Waals surface area contributed by atoms with Crippen LogP contribution in [0, 0.1) is 0 Å². The van der Waals surface area contributed by atoms with Crippen molar-refractivity contribution in [3.05, 3.63) is 31.1 Å². The van der Waals surface area contributed by atoms with E-state index in [0.29, 0.717) is 32.1 Å². The van der Waals surface area contributed by atoms with Gasteiger partial charge in [0.1, 0.15) is 5.25 Å². The summed E-state index contributed by atoms with van der Waals surface area (Å²) in [5.74, 6) is 0.0926. The average Bonchev–Trinajstić information content (AvgIpc) is 2.54. The predicted molar refractivity (Wildman–Crippen MR) is 84.3 cm³/mol. The third kappa shape index (κ3) is 3.62. The van der Waals surface area contributed by atoms with Gasteiger partial charge in [-0.2, -0.15) is 0 Å². The highest BCUT2D eigenvalue weighted by Crippen LogP contribution is 2.13. The lowest BCUT2D eigenvalue weighted by Gasteiger charge is -2.35. The maximum Gasteiger partial charge on any atom is 0.240 e. The number of rotatable bonds is 5. The third-order valence-electron chi connectivity index (χ3n) is 3.66. The molecule has 0 spiro atoms. The van der Waals surface area contributed by atoms with Gasteiger partial charge in [0.15, 0.2) is 9.84 Å². The van der Waals surface area contributed by atoms with E-state index in [1.54, 1.807) is 23.4 Å². The number of nitrogens with zero attached hydrogens (tertiary/aromatic N) is 4. The highest BCUT2D eigenvalue weighted by Gasteiger charge is 2.32. The summed E-state index contributed by atoms with van der Waals surface area (Å²) in [7, 11) is -3.47. The van der Waals surface area contributed by atoms with Gasteiger partial charge < -0.3 is 9.80 Å². The van der Waals surface area contributed by atoms with E-state index < -0.39 is 15.1 Å². The van der Waals surface area contributed by atoms with E-state index in [-0.39, 0.29) is 11.7 Å². The molecule has 0 N–H and O–H groups in total. The van der Waals surface area contributed by atoms with E-state index in [1.165, 1.54) is 13.0 Å². The van der Waals surface area contributed by atoms with E-state index in [4.69, 9.17) is 0 Å². The number of piperazine rings is 1. The second-order valence-corrected chi connectivity index (χ2v) is 7.49. The fraction of sp³-hybridized carbons (Fsp3) is 0.500. The first kappa shape index (κ1) is 16.4. The van der Waals surface area contributed by atoms with Crippen LogP contribution in [0.3, 0.4) is 0 Å². The summed E-state index contributed by atoms with van der Waals surface area (Å²) in [6.45, 7) is 6.96. The van der Waals surface area contributed by atoms with Crippen LogP contribution in [0.1, 0.15) is 6.92 Å². The Hall–Kier alpha value is -1.96. The predicted octanol–water partition coefficient (Wildman–Crippen LogP) is 0.115. The van der Waals surface area contributed by atoms with Gasteiger partial charge >= 0.3 is 0 Å². The first-order chi connectivity index (χ1) is 10.5. The third-order valence-corrected chi connectivity index (χ3v) is 5.64. The van der Waals surface area contributed by atoms with Crippen LogP contribution in [0.25, 0.3) is 0 Å². The largest absolute Gasteiger partial charge is 0.338 e. The molecule has 1 aliphatic rings. The molecule has 1 amide bonds. The molecule has 0 radical (unpaired) electrons. The molecule has 1 aliphatic heterocycles. The van der Waals surface area contributed by atoms with Crippen molar-refractivity contribution in [2.24, 2.45) is 0 Å². The van der Waals surface area contributed by atoms with Crippen LogP contribution in [0.5, 0.6) is 0 Å². The Morgan fingerprint density at radius 1 is 1.32 bits per heavy atom. The maximum atomic E-state index is 12.3. The molecule has 1 unspecified atom stereocenters. The Morgan fingerprint density at radius 2 is 1.91 bits per heavy atom. The molecule has 0 aromatic carbocycles. The van der Waals surface area contributed by atoms with Crippen molar-refractivity contribution < 1.29 is 13.2 Å². The number of amides is 1. The van der Waals surface area contributed by atoms with Crippen molar-refractivity contribution in [3.63, 3.8) is 0 Å². The summed E-state index contributed by atoms with van der Waals surface area (Å²) in [4.78, 5) is 24.2. The number of hydrogen-bond donors (Lipinski definition) is 0. The van der Waals surface area contributed by atoms with Crippen LogP contribution in [0.2, 0.25) is 0 Å². The molecule has 1 saturated heterocycles. The smallest absolute Gasteiger partial charge is 0.240 e. The molecule has 1 aromatic rings. The Labute approximate surface area is 130 Å². The Kier molecular flexibility index (Phi) is 5.12. The lowest BCUT2D eigenvalue weighted by atomic mass is 10.3. The maximum absolute atomic E-state index is 12.3. The first-order valence-corrected chi connectivity index (χ1v) is 8.80. The molecule has 7 nitrogen and oxygen atoms in total. The molecule has 1 aromatic heterocycles. The van der Waals surface area contributed by atoms with Crippen LogP contribution in [0.15, 0.2) is 31.1 Å². The second-order valence-electron chi connectivity index (χ2n) is 5.12. The second kappa shape index (κ2) is 6.87. The monoisotopic (exact) mass is 324 g/mol. The number of sulfone groups is 1. The summed E-state index contributed by atoms with van der Waals surface area (Å²) in [5, 5.41) is -1.04. The minimum absolute atomic E-state index is 0.183. The summed E-state index contributed by atoms with van der Waals surface area (Å²) in [6.07, 6.45) is 4.65. The molecule has 2 heterocycles. The van der Waals surface area contributed by atoms with Crippen LogP contribution in [0.4, 0.5) is 5.95 Å². The van der Waals surface area contributed by atoms with Crippen LogP contribution in [-0.2, 0) is 14.6 Å². The summed E-state index contributed by atoms with van der Waals surface area (Å²) in [5.41, 5.74) is 0. The number of hydrogen-bond acceptors (Lipinski definition) is 6. The van der Waals surface area contributed by atoms with Gasteiger partial charge in [0.2, 0.25) is 11.9 Å². The average molecular weight is 324 g/mol. The Bertz CT molecular complexity index is 625. The Morgan fingerprint density at radius 3 is 2.45 bits per heavy atom. The summed E-state index contributed by atoms with van der Waals surface area (Å²) >= 11 is 0. The summed E-state index contributed by atoms with van der Waals surface area (Å²) in [6, 6.07) is 1.75. The van der Waals surface area contributed by atoms with Crippen molar-refractivity contribution >= 4 is 21.7 Å². The van der Waals surface area contributed by atoms with E-state index in [0.717, 1.165) is 0 Å². The number of carbonyl (C=O) groups is 1. The highest BCUT2D eigenvalue weighted by atomic mass is 32.2. The minimum atomic E-state index is -3.47. The molecule has 8 heteroatoms. The molecule has 0 bridgehead atoms. The van der Waals surface area contributed by atoms with E-state index >= 15 is 0 Å². The minimum Gasteiger partial charge on any atom is -0.338 e. The standard InChI is InChI=1S/C14H20N4O3S/c1-3-11-22(20,21)12(2)13(19)17-7-9-18(10-8-17)14-15-5-4-6-16-14/h3-6,12H,1,7-11H2,2H3. The van der Waals surface area contributed by atoms with Crippen LogP contribution in [-0.4, -0.2) is 66.4 Å². The van der Waals surface area contributed by atoms with Crippen molar-refractivity contribution in [1.29, 1.82) is 0 Å². The zero-order valence-corrected chi connectivity index (χ0v) is 13.4. The number of aromatic nitrogens is 2. The van der Waals surface area contributed by atoms with Crippen molar-refractivity contribution in [2.45, 2.75) is 12.2 Å². The normalized spacial score (nSPS) is 17.1. The topological polar surface area (TPSA) is 83.5 Å². The molecular weight excluding hydrogens is 304 g/mol. The van der Waals surface area contributed by atoms with Crippen molar-refractivity contribution in [2.75, 3.05) is 36.8 Å². The summed E-state index contributed by atoms with van der Waals surface area (Å²) < 4.78 is 23.9. The lowest BCUT2D eigenvalue weighted by molar-refractivity contribution is -0.130.